The van der Waals surface area contributed by atoms with Crippen LogP contribution in [0, 0.1) is 6.92 Å². The van der Waals surface area contributed by atoms with Gasteiger partial charge in [0.2, 0.25) is 0 Å². The average molecular weight is 310 g/mol. The van der Waals surface area contributed by atoms with Crippen molar-refractivity contribution in [2.45, 2.75) is 38.6 Å². The maximum atomic E-state index is 12.9. The van der Waals surface area contributed by atoms with Crippen LogP contribution in [-0.4, -0.2) is 53.9 Å². The molecule has 21 heavy (non-hydrogen) atoms. The summed E-state index contributed by atoms with van der Waals surface area (Å²) >= 11 is 6.00. The maximum Gasteiger partial charge on any atom is 0.254 e. The van der Waals surface area contributed by atoms with Gasteiger partial charge in [0.25, 0.3) is 5.91 Å². The fraction of sp³-hybridized carbons (Fsp3) is 0.625. The zero-order chi connectivity index (χ0) is 15.4. The van der Waals surface area contributed by atoms with Crippen molar-refractivity contribution in [3.05, 3.63) is 28.5 Å². The van der Waals surface area contributed by atoms with E-state index in [9.17, 15) is 4.79 Å². The summed E-state index contributed by atoms with van der Waals surface area (Å²) in [5, 5.41) is 0.386. The van der Waals surface area contributed by atoms with Crippen LogP contribution in [0.4, 0.5) is 0 Å². The molecule has 0 aliphatic heterocycles. The van der Waals surface area contributed by atoms with Gasteiger partial charge in [0.05, 0.1) is 0 Å². The Labute approximate surface area is 132 Å². The Bertz CT molecular complexity index is 478. The van der Waals surface area contributed by atoms with E-state index in [1.807, 2.05) is 32.0 Å². The summed E-state index contributed by atoms with van der Waals surface area (Å²) in [7, 11) is 4.06. The summed E-state index contributed by atoms with van der Waals surface area (Å²) in [5.74, 6) is 0.0798. The molecule has 0 atom stereocenters. The summed E-state index contributed by atoms with van der Waals surface area (Å²) in [6, 6.07) is 3.87. The minimum absolute atomic E-state index is 0.0798. The Morgan fingerprint density at radius 2 is 1.95 bits per heavy atom. The van der Waals surface area contributed by atoms with Gasteiger partial charge in [-0.15, -0.1) is 0 Å². The van der Waals surface area contributed by atoms with Gasteiger partial charge < -0.3 is 9.80 Å². The third-order valence-corrected chi connectivity index (χ3v) is 4.18. The molecule has 5 heteroatoms. The molecule has 0 N–H and O–H groups in total. The molecule has 0 spiro atoms. The largest absolute Gasteiger partial charge is 0.334 e. The van der Waals surface area contributed by atoms with Gasteiger partial charge in [-0.3, -0.25) is 4.79 Å². The molecule has 1 aliphatic rings. The Morgan fingerprint density at radius 3 is 2.52 bits per heavy atom. The molecule has 1 aromatic rings. The predicted molar refractivity (Wildman–Crippen MR) is 85.8 cm³/mol. The van der Waals surface area contributed by atoms with E-state index in [1.165, 1.54) is 12.8 Å². The van der Waals surface area contributed by atoms with Gasteiger partial charge in [0, 0.05) is 30.4 Å². The summed E-state index contributed by atoms with van der Waals surface area (Å²) in [4.78, 5) is 21.1. The molecule has 0 unspecified atom stereocenters. The number of aromatic nitrogens is 1. The SMILES string of the molecule is Cc1cc(C(=O)N(CCN(C)C)C2CCCC2)cc(Cl)n1. The van der Waals surface area contributed by atoms with E-state index in [2.05, 4.69) is 9.88 Å². The quantitative estimate of drug-likeness (QED) is 0.785. The second-order valence-electron chi connectivity index (χ2n) is 6.06. The Kier molecular flexibility index (Phi) is 5.59. The molecule has 2 rings (SSSR count). The molecule has 1 saturated carbocycles. The summed E-state index contributed by atoms with van der Waals surface area (Å²) < 4.78 is 0. The molecule has 0 saturated heterocycles. The lowest BCUT2D eigenvalue weighted by molar-refractivity contribution is 0.0667. The number of hydrogen-bond acceptors (Lipinski definition) is 3. The number of hydrogen-bond donors (Lipinski definition) is 0. The molecular formula is C16H24ClN3O. The van der Waals surface area contributed by atoms with Crippen molar-refractivity contribution in [2.75, 3.05) is 27.2 Å². The van der Waals surface area contributed by atoms with Crippen molar-refractivity contribution in [2.24, 2.45) is 0 Å². The third kappa shape index (κ3) is 4.42. The fourth-order valence-corrected chi connectivity index (χ4v) is 3.14. The third-order valence-electron chi connectivity index (χ3n) is 3.98. The first-order valence-electron chi connectivity index (χ1n) is 7.57. The van der Waals surface area contributed by atoms with Crippen molar-refractivity contribution in [3.63, 3.8) is 0 Å². The molecule has 1 aliphatic carbocycles. The number of halogens is 1. The lowest BCUT2D eigenvalue weighted by atomic mass is 10.1. The van der Waals surface area contributed by atoms with Crippen LogP contribution >= 0.6 is 11.6 Å². The van der Waals surface area contributed by atoms with Gasteiger partial charge in [-0.2, -0.15) is 0 Å². The number of amides is 1. The molecule has 0 radical (unpaired) electrons. The first-order valence-corrected chi connectivity index (χ1v) is 7.95. The first-order chi connectivity index (χ1) is 9.97. The zero-order valence-corrected chi connectivity index (χ0v) is 13.9. The highest BCUT2D eigenvalue weighted by Crippen LogP contribution is 2.25. The Balaban J connectivity index is 2.19. The molecule has 4 nitrogen and oxygen atoms in total. The second-order valence-corrected chi connectivity index (χ2v) is 6.45. The number of pyridine rings is 1. The van der Waals surface area contributed by atoms with Gasteiger partial charge in [-0.1, -0.05) is 24.4 Å². The van der Waals surface area contributed by atoms with Crippen LogP contribution in [0.1, 0.15) is 41.7 Å². The lowest BCUT2D eigenvalue weighted by Gasteiger charge is -2.30. The van der Waals surface area contributed by atoms with E-state index < -0.39 is 0 Å². The van der Waals surface area contributed by atoms with Crippen LogP contribution in [0.25, 0.3) is 0 Å². The molecule has 1 amide bonds. The Morgan fingerprint density at radius 1 is 1.29 bits per heavy atom. The minimum atomic E-state index is 0.0798. The predicted octanol–water partition coefficient (Wildman–Crippen LogP) is 2.99. The van der Waals surface area contributed by atoms with Gasteiger partial charge >= 0.3 is 0 Å². The molecule has 0 bridgehead atoms. The van der Waals surface area contributed by atoms with E-state index in [0.717, 1.165) is 31.6 Å². The highest BCUT2D eigenvalue weighted by atomic mass is 35.5. The van der Waals surface area contributed by atoms with Gasteiger partial charge in [0.15, 0.2) is 0 Å². The number of carbonyl (C=O) groups is 1. The van der Waals surface area contributed by atoms with E-state index in [0.29, 0.717) is 16.8 Å². The standard InChI is InChI=1S/C16H24ClN3O/c1-12-10-13(11-15(17)18-12)16(21)20(9-8-19(2)3)14-6-4-5-7-14/h10-11,14H,4-9H2,1-3H3. The van der Waals surface area contributed by atoms with Crippen LogP contribution in [0.2, 0.25) is 5.15 Å². The van der Waals surface area contributed by atoms with Gasteiger partial charge in [-0.05, 0) is 46.0 Å². The summed E-state index contributed by atoms with van der Waals surface area (Å²) in [6.07, 6.45) is 4.65. The smallest absolute Gasteiger partial charge is 0.254 e. The molecule has 1 heterocycles. The molecular weight excluding hydrogens is 286 g/mol. The highest BCUT2D eigenvalue weighted by molar-refractivity contribution is 6.29. The van der Waals surface area contributed by atoms with E-state index in [1.54, 1.807) is 6.07 Å². The molecule has 0 aromatic carbocycles. The summed E-state index contributed by atoms with van der Waals surface area (Å²) in [6.45, 7) is 3.50. The first kappa shape index (κ1) is 16.2. The van der Waals surface area contributed by atoms with Crippen molar-refractivity contribution in [3.8, 4) is 0 Å². The van der Waals surface area contributed by atoms with Crippen molar-refractivity contribution in [1.82, 2.24) is 14.8 Å². The normalized spacial score (nSPS) is 15.7. The van der Waals surface area contributed by atoms with Crippen LogP contribution in [-0.2, 0) is 0 Å². The van der Waals surface area contributed by atoms with E-state index in [-0.39, 0.29) is 5.91 Å². The monoisotopic (exact) mass is 309 g/mol. The number of aryl methyl sites for hydroxylation is 1. The number of rotatable bonds is 5. The minimum Gasteiger partial charge on any atom is -0.334 e. The number of nitrogens with zero attached hydrogens (tertiary/aromatic N) is 3. The second kappa shape index (κ2) is 7.23. The maximum absolute atomic E-state index is 12.9. The molecule has 1 aromatic heterocycles. The van der Waals surface area contributed by atoms with Crippen LogP contribution in [0.5, 0.6) is 0 Å². The molecule has 116 valence electrons. The zero-order valence-electron chi connectivity index (χ0n) is 13.1. The van der Waals surface area contributed by atoms with E-state index >= 15 is 0 Å². The summed E-state index contributed by atoms with van der Waals surface area (Å²) in [5.41, 5.74) is 1.43. The van der Waals surface area contributed by atoms with Crippen molar-refractivity contribution in [1.29, 1.82) is 0 Å². The highest BCUT2D eigenvalue weighted by Gasteiger charge is 2.27. The topological polar surface area (TPSA) is 36.4 Å². The number of likely N-dealkylation sites (N-methyl/N-ethyl adjacent to an activating group) is 1. The van der Waals surface area contributed by atoms with Crippen LogP contribution < -0.4 is 0 Å². The molecule has 1 fully saturated rings. The van der Waals surface area contributed by atoms with E-state index in [4.69, 9.17) is 11.6 Å². The van der Waals surface area contributed by atoms with Gasteiger partial charge in [-0.25, -0.2) is 4.98 Å². The van der Waals surface area contributed by atoms with Crippen molar-refractivity contribution < 1.29 is 4.79 Å². The average Bonchev–Trinajstić information content (AvgIpc) is 2.91. The fourth-order valence-electron chi connectivity index (χ4n) is 2.89. The Hall–Kier alpha value is -1.13. The van der Waals surface area contributed by atoms with Crippen LogP contribution in [0.15, 0.2) is 12.1 Å². The lowest BCUT2D eigenvalue weighted by Crippen LogP contribution is -2.42. The van der Waals surface area contributed by atoms with Crippen molar-refractivity contribution >= 4 is 17.5 Å². The van der Waals surface area contributed by atoms with Gasteiger partial charge in [0.1, 0.15) is 5.15 Å². The number of carbonyl (C=O) groups excluding carboxylic acids is 1. The van der Waals surface area contributed by atoms with Crippen LogP contribution in [0.3, 0.4) is 0 Å².